The summed E-state index contributed by atoms with van der Waals surface area (Å²) in [6, 6.07) is 6.90. The van der Waals surface area contributed by atoms with Crippen molar-refractivity contribution < 1.29 is 4.39 Å². The summed E-state index contributed by atoms with van der Waals surface area (Å²) < 4.78 is 13.3. The first-order valence-electron chi connectivity index (χ1n) is 6.28. The lowest BCUT2D eigenvalue weighted by molar-refractivity contribution is 0.428. The monoisotopic (exact) mass is 257 g/mol. The number of halogens is 2. The van der Waals surface area contributed by atoms with Crippen molar-refractivity contribution in [3.63, 3.8) is 0 Å². The minimum Gasteiger partial charge on any atom is -0.312 e. The van der Waals surface area contributed by atoms with E-state index in [1.807, 2.05) is 12.1 Å². The van der Waals surface area contributed by atoms with Gasteiger partial charge in [-0.1, -0.05) is 31.5 Å². The molecule has 3 heteroatoms. The number of nitrogens with one attached hydrogen (secondary N) is 1. The Morgan fingerprint density at radius 3 is 2.71 bits per heavy atom. The first-order valence-corrected chi connectivity index (χ1v) is 6.81. The third kappa shape index (κ3) is 5.51. The normalized spacial score (nSPS) is 12.6. The van der Waals surface area contributed by atoms with E-state index >= 15 is 0 Å². The van der Waals surface area contributed by atoms with E-state index in [9.17, 15) is 4.39 Å². The van der Waals surface area contributed by atoms with Crippen molar-refractivity contribution >= 4 is 11.6 Å². The second kappa shape index (κ2) is 8.48. The summed E-state index contributed by atoms with van der Waals surface area (Å²) in [5, 5.41) is 3.31. The zero-order valence-electron chi connectivity index (χ0n) is 10.4. The molecular weight excluding hydrogens is 237 g/mol. The molecule has 0 saturated heterocycles. The number of rotatable bonds is 8. The predicted octanol–water partition coefficient (Wildman–Crippen LogP) is 3.96. The molecule has 1 unspecified atom stereocenters. The molecule has 0 heterocycles. The van der Waals surface area contributed by atoms with Crippen molar-refractivity contribution in [1.29, 1.82) is 0 Å². The van der Waals surface area contributed by atoms with E-state index < -0.39 is 0 Å². The zero-order chi connectivity index (χ0) is 12.5. The van der Waals surface area contributed by atoms with Gasteiger partial charge in [-0.15, -0.1) is 11.6 Å². The van der Waals surface area contributed by atoms with Crippen molar-refractivity contribution in [3.8, 4) is 0 Å². The fraction of sp³-hybridized carbons (Fsp3) is 0.571. The van der Waals surface area contributed by atoms with Gasteiger partial charge in [-0.3, -0.25) is 0 Å². The first kappa shape index (κ1) is 14.5. The topological polar surface area (TPSA) is 12.0 Å². The molecule has 0 aliphatic carbocycles. The quantitative estimate of drug-likeness (QED) is 0.695. The van der Waals surface area contributed by atoms with Crippen molar-refractivity contribution in [2.75, 3.05) is 12.4 Å². The van der Waals surface area contributed by atoms with Crippen molar-refractivity contribution in [2.24, 2.45) is 5.92 Å². The first-order chi connectivity index (χ1) is 8.27. The Hall–Kier alpha value is -0.600. The third-order valence-corrected chi connectivity index (χ3v) is 3.14. The van der Waals surface area contributed by atoms with Crippen LogP contribution in [-0.4, -0.2) is 12.4 Å². The van der Waals surface area contributed by atoms with Crippen molar-refractivity contribution in [3.05, 3.63) is 35.6 Å². The largest absolute Gasteiger partial charge is 0.312 e. The highest BCUT2D eigenvalue weighted by Crippen LogP contribution is 2.12. The molecule has 0 spiro atoms. The van der Waals surface area contributed by atoms with E-state index in [0.717, 1.165) is 18.5 Å². The number of hydrogen-bond acceptors (Lipinski definition) is 1. The minimum absolute atomic E-state index is 0.135. The van der Waals surface area contributed by atoms with Crippen LogP contribution in [0.15, 0.2) is 24.3 Å². The Morgan fingerprint density at radius 2 is 2.06 bits per heavy atom. The standard InChI is InChI=1S/C14H21ClFN/c1-2-5-12(8-9-15)10-17-11-13-6-3-4-7-14(13)16/h3-4,6-7,12,17H,2,5,8-11H2,1H3. The maximum atomic E-state index is 13.3. The van der Waals surface area contributed by atoms with Crippen LogP contribution in [0.4, 0.5) is 4.39 Å². The molecule has 0 saturated carbocycles. The van der Waals surface area contributed by atoms with Gasteiger partial charge < -0.3 is 5.32 Å². The van der Waals surface area contributed by atoms with Gasteiger partial charge in [0.05, 0.1) is 0 Å². The van der Waals surface area contributed by atoms with Crippen LogP contribution in [-0.2, 0) is 6.54 Å². The lowest BCUT2D eigenvalue weighted by Gasteiger charge is -2.15. The lowest BCUT2D eigenvalue weighted by Crippen LogP contribution is -2.23. The zero-order valence-corrected chi connectivity index (χ0v) is 11.1. The van der Waals surface area contributed by atoms with Gasteiger partial charge in [0.15, 0.2) is 0 Å². The minimum atomic E-state index is -0.135. The van der Waals surface area contributed by atoms with Gasteiger partial charge in [0, 0.05) is 18.0 Å². The molecule has 96 valence electrons. The van der Waals surface area contributed by atoms with Crippen LogP contribution in [0.5, 0.6) is 0 Å². The second-order valence-corrected chi connectivity index (χ2v) is 4.73. The second-order valence-electron chi connectivity index (χ2n) is 4.35. The predicted molar refractivity (Wildman–Crippen MR) is 71.8 cm³/mol. The van der Waals surface area contributed by atoms with Crippen LogP contribution >= 0.6 is 11.6 Å². The van der Waals surface area contributed by atoms with Gasteiger partial charge in [-0.05, 0) is 31.4 Å². The van der Waals surface area contributed by atoms with Crippen LogP contribution in [0.2, 0.25) is 0 Å². The average Bonchev–Trinajstić information content (AvgIpc) is 2.32. The van der Waals surface area contributed by atoms with E-state index in [0.29, 0.717) is 18.3 Å². The molecule has 0 aromatic heterocycles. The molecule has 0 aliphatic heterocycles. The molecule has 0 aliphatic rings. The Kier molecular flexibility index (Phi) is 7.22. The number of alkyl halides is 1. The van der Waals surface area contributed by atoms with E-state index in [1.165, 1.54) is 18.9 Å². The fourth-order valence-electron chi connectivity index (χ4n) is 1.96. The van der Waals surface area contributed by atoms with Crippen LogP contribution in [0.1, 0.15) is 31.7 Å². The van der Waals surface area contributed by atoms with Crippen LogP contribution in [0.25, 0.3) is 0 Å². The van der Waals surface area contributed by atoms with E-state index in [4.69, 9.17) is 11.6 Å². The van der Waals surface area contributed by atoms with E-state index in [1.54, 1.807) is 6.07 Å². The molecule has 1 aromatic rings. The van der Waals surface area contributed by atoms with Gasteiger partial charge in [0.1, 0.15) is 5.82 Å². The molecule has 1 rings (SSSR count). The Bertz CT molecular complexity index is 311. The summed E-state index contributed by atoms with van der Waals surface area (Å²) in [5.74, 6) is 1.17. The maximum Gasteiger partial charge on any atom is 0.127 e. The van der Waals surface area contributed by atoms with Crippen LogP contribution in [0.3, 0.4) is 0 Å². The van der Waals surface area contributed by atoms with E-state index in [2.05, 4.69) is 12.2 Å². The Labute approximate surface area is 108 Å². The van der Waals surface area contributed by atoms with Gasteiger partial charge in [0.25, 0.3) is 0 Å². The van der Waals surface area contributed by atoms with Crippen molar-refractivity contribution in [2.45, 2.75) is 32.7 Å². The molecule has 0 radical (unpaired) electrons. The maximum absolute atomic E-state index is 13.3. The summed E-state index contributed by atoms with van der Waals surface area (Å²) in [4.78, 5) is 0. The Balaban J connectivity index is 2.33. The highest BCUT2D eigenvalue weighted by molar-refractivity contribution is 6.17. The molecular formula is C14H21ClFN. The fourth-order valence-corrected chi connectivity index (χ4v) is 2.27. The van der Waals surface area contributed by atoms with Crippen molar-refractivity contribution in [1.82, 2.24) is 5.32 Å². The molecule has 17 heavy (non-hydrogen) atoms. The molecule has 1 N–H and O–H groups in total. The molecule has 1 nitrogen and oxygen atoms in total. The molecule has 0 amide bonds. The summed E-state index contributed by atoms with van der Waals surface area (Å²) in [6.45, 7) is 3.68. The average molecular weight is 258 g/mol. The highest BCUT2D eigenvalue weighted by atomic mass is 35.5. The summed E-state index contributed by atoms with van der Waals surface area (Å²) >= 11 is 5.77. The third-order valence-electron chi connectivity index (χ3n) is 2.92. The van der Waals surface area contributed by atoms with E-state index in [-0.39, 0.29) is 5.82 Å². The molecule has 1 atom stereocenters. The molecule has 0 fully saturated rings. The number of hydrogen-bond donors (Lipinski definition) is 1. The van der Waals surface area contributed by atoms with Gasteiger partial charge in [-0.25, -0.2) is 4.39 Å². The van der Waals surface area contributed by atoms with Gasteiger partial charge in [-0.2, -0.15) is 0 Å². The number of benzene rings is 1. The highest BCUT2D eigenvalue weighted by Gasteiger charge is 2.07. The molecule has 0 bridgehead atoms. The summed E-state index contributed by atoms with van der Waals surface area (Å²) in [6.07, 6.45) is 3.37. The lowest BCUT2D eigenvalue weighted by atomic mass is 10.0. The SMILES string of the molecule is CCCC(CCCl)CNCc1ccccc1F. The Morgan fingerprint density at radius 1 is 1.29 bits per heavy atom. The summed E-state index contributed by atoms with van der Waals surface area (Å²) in [5.41, 5.74) is 0.730. The molecule has 1 aromatic carbocycles. The van der Waals surface area contributed by atoms with Gasteiger partial charge in [0.2, 0.25) is 0 Å². The van der Waals surface area contributed by atoms with Crippen LogP contribution < -0.4 is 5.32 Å². The van der Waals surface area contributed by atoms with Crippen LogP contribution in [0, 0.1) is 11.7 Å². The summed E-state index contributed by atoms with van der Waals surface area (Å²) in [7, 11) is 0. The smallest absolute Gasteiger partial charge is 0.127 e. The van der Waals surface area contributed by atoms with Gasteiger partial charge >= 0.3 is 0 Å².